The van der Waals surface area contributed by atoms with Crippen LogP contribution in [0.2, 0.25) is 0 Å². The molecule has 160 valence electrons. The molecule has 8 heteroatoms. The van der Waals surface area contributed by atoms with Gasteiger partial charge in [-0.3, -0.25) is 0 Å². The zero-order valence-corrected chi connectivity index (χ0v) is 17.8. The van der Waals surface area contributed by atoms with Crippen LogP contribution in [0.15, 0.2) is 29.1 Å². The second-order valence-corrected chi connectivity index (χ2v) is 8.73. The Morgan fingerprint density at radius 1 is 1.30 bits per heavy atom. The van der Waals surface area contributed by atoms with E-state index in [0.29, 0.717) is 17.4 Å². The number of alkyl carbamates (subject to hydrolysis) is 1. The van der Waals surface area contributed by atoms with E-state index in [2.05, 4.69) is 15.3 Å². The zero-order chi connectivity index (χ0) is 21.3. The fourth-order valence-corrected chi connectivity index (χ4v) is 4.05. The SMILES string of the molecule is COc1cc2nc([C@H](NC(=O)OC(C)(C)C)C3CCCC3)[nH]c2cc1-c1cnco1. The molecule has 1 saturated carbocycles. The van der Waals surface area contributed by atoms with Gasteiger partial charge in [-0.25, -0.2) is 14.8 Å². The molecular weight excluding hydrogens is 384 g/mol. The number of hydrogen-bond donors (Lipinski definition) is 2. The van der Waals surface area contributed by atoms with Crippen LogP contribution in [0.4, 0.5) is 4.79 Å². The number of aromatic amines is 1. The molecule has 0 radical (unpaired) electrons. The molecule has 0 spiro atoms. The third-order valence-electron chi connectivity index (χ3n) is 5.36. The van der Waals surface area contributed by atoms with Gasteiger partial charge in [0.1, 0.15) is 17.2 Å². The van der Waals surface area contributed by atoms with Gasteiger partial charge in [0.15, 0.2) is 12.2 Å². The van der Waals surface area contributed by atoms with Crippen molar-refractivity contribution in [1.82, 2.24) is 20.3 Å². The number of benzene rings is 1. The number of carbonyl (C=O) groups excluding carboxylic acids is 1. The highest BCUT2D eigenvalue weighted by Crippen LogP contribution is 2.37. The molecule has 8 nitrogen and oxygen atoms in total. The maximum Gasteiger partial charge on any atom is 0.408 e. The number of imidazole rings is 1. The van der Waals surface area contributed by atoms with Gasteiger partial charge in [-0.2, -0.15) is 0 Å². The summed E-state index contributed by atoms with van der Waals surface area (Å²) in [6.07, 6.45) is 7.00. The highest BCUT2D eigenvalue weighted by atomic mass is 16.6. The van der Waals surface area contributed by atoms with Crippen molar-refractivity contribution in [2.75, 3.05) is 7.11 Å². The molecule has 1 aliphatic carbocycles. The van der Waals surface area contributed by atoms with Crippen molar-refractivity contribution >= 4 is 17.1 Å². The number of nitrogens with one attached hydrogen (secondary N) is 2. The number of nitrogens with zero attached hydrogens (tertiary/aromatic N) is 2. The molecule has 1 atom stereocenters. The van der Waals surface area contributed by atoms with Crippen LogP contribution in [-0.4, -0.2) is 33.8 Å². The van der Waals surface area contributed by atoms with Gasteiger partial charge in [-0.15, -0.1) is 0 Å². The maximum atomic E-state index is 12.5. The second kappa shape index (κ2) is 8.01. The van der Waals surface area contributed by atoms with Crippen LogP contribution in [0.3, 0.4) is 0 Å². The van der Waals surface area contributed by atoms with Gasteiger partial charge in [-0.05, 0) is 45.6 Å². The summed E-state index contributed by atoms with van der Waals surface area (Å²) in [7, 11) is 1.61. The van der Waals surface area contributed by atoms with E-state index >= 15 is 0 Å². The monoisotopic (exact) mass is 412 g/mol. The lowest BCUT2D eigenvalue weighted by Gasteiger charge is -2.26. The number of fused-ring (bicyclic) bond motifs is 1. The number of oxazole rings is 1. The highest BCUT2D eigenvalue weighted by molar-refractivity contribution is 5.85. The lowest BCUT2D eigenvalue weighted by atomic mass is 9.97. The van der Waals surface area contributed by atoms with Crippen molar-refractivity contribution in [3.63, 3.8) is 0 Å². The van der Waals surface area contributed by atoms with Crippen LogP contribution in [0.25, 0.3) is 22.4 Å². The van der Waals surface area contributed by atoms with Gasteiger partial charge < -0.3 is 24.2 Å². The molecule has 2 heterocycles. The summed E-state index contributed by atoms with van der Waals surface area (Å²) >= 11 is 0. The maximum absolute atomic E-state index is 12.5. The summed E-state index contributed by atoms with van der Waals surface area (Å²) in [5, 5.41) is 3.05. The first kappa shape index (κ1) is 20.3. The Kier molecular flexibility index (Phi) is 5.40. The van der Waals surface area contributed by atoms with Gasteiger partial charge in [0.05, 0.1) is 35.9 Å². The van der Waals surface area contributed by atoms with Crippen LogP contribution >= 0.6 is 0 Å². The number of H-pyrrole nitrogens is 1. The quantitative estimate of drug-likeness (QED) is 0.612. The van der Waals surface area contributed by atoms with Crippen LogP contribution < -0.4 is 10.1 Å². The van der Waals surface area contributed by atoms with Crippen molar-refractivity contribution < 1.29 is 18.7 Å². The van der Waals surface area contributed by atoms with Crippen LogP contribution in [0, 0.1) is 5.92 Å². The summed E-state index contributed by atoms with van der Waals surface area (Å²) in [6, 6.07) is 3.56. The van der Waals surface area contributed by atoms with Crippen molar-refractivity contribution in [3.05, 3.63) is 30.5 Å². The lowest BCUT2D eigenvalue weighted by Crippen LogP contribution is -2.37. The first-order chi connectivity index (χ1) is 14.3. The Bertz CT molecular complexity index is 1010. The predicted molar refractivity (Wildman–Crippen MR) is 112 cm³/mol. The minimum atomic E-state index is -0.558. The van der Waals surface area contributed by atoms with Crippen molar-refractivity contribution in [3.8, 4) is 17.1 Å². The minimum Gasteiger partial charge on any atom is -0.496 e. The Morgan fingerprint density at radius 3 is 2.70 bits per heavy atom. The van der Waals surface area contributed by atoms with Crippen molar-refractivity contribution in [2.24, 2.45) is 5.92 Å². The Morgan fingerprint density at radius 2 is 2.07 bits per heavy atom. The number of carbonyl (C=O) groups is 1. The first-order valence-electron chi connectivity index (χ1n) is 10.3. The molecule has 1 aliphatic rings. The molecule has 0 unspecified atom stereocenters. The average molecular weight is 412 g/mol. The second-order valence-electron chi connectivity index (χ2n) is 8.73. The summed E-state index contributed by atoms with van der Waals surface area (Å²) < 4.78 is 16.5. The Hall–Kier alpha value is -3.03. The van der Waals surface area contributed by atoms with Gasteiger partial charge in [0.25, 0.3) is 0 Å². The number of rotatable bonds is 5. The predicted octanol–water partition coefficient (Wildman–Crippen LogP) is 4.98. The standard InChI is InChI=1S/C22H28N4O4/c1-22(2,3)30-21(27)26-19(13-7-5-6-8-13)20-24-15-9-14(18-11-23-12-29-18)17(28-4)10-16(15)25-20/h9-13,19H,5-8H2,1-4H3,(H,24,25)(H,26,27)/t19-/m1/s1. The van der Waals surface area contributed by atoms with E-state index in [1.54, 1.807) is 13.3 Å². The highest BCUT2D eigenvalue weighted by Gasteiger charge is 2.31. The molecule has 0 aliphatic heterocycles. The fraction of sp³-hybridized carbons (Fsp3) is 0.500. The van der Waals surface area contributed by atoms with Gasteiger partial charge in [-0.1, -0.05) is 12.8 Å². The number of aromatic nitrogens is 3. The summed E-state index contributed by atoms with van der Waals surface area (Å²) in [5.41, 5.74) is 1.83. The van der Waals surface area contributed by atoms with Crippen molar-refractivity contribution in [1.29, 1.82) is 0 Å². The van der Waals surface area contributed by atoms with E-state index < -0.39 is 11.7 Å². The summed E-state index contributed by atoms with van der Waals surface area (Å²) in [5.74, 6) is 2.30. The topological polar surface area (TPSA) is 102 Å². The number of hydrogen-bond acceptors (Lipinski definition) is 6. The minimum absolute atomic E-state index is 0.241. The van der Waals surface area contributed by atoms with Gasteiger partial charge in [0, 0.05) is 6.07 Å². The third-order valence-corrected chi connectivity index (χ3v) is 5.36. The lowest BCUT2D eigenvalue weighted by molar-refractivity contribution is 0.0482. The van der Waals surface area contributed by atoms with E-state index in [9.17, 15) is 4.79 Å². The van der Waals surface area contributed by atoms with E-state index in [-0.39, 0.29) is 6.04 Å². The Balaban J connectivity index is 1.69. The number of amides is 1. The summed E-state index contributed by atoms with van der Waals surface area (Å²) in [6.45, 7) is 5.57. The van der Waals surface area contributed by atoms with Gasteiger partial charge in [0.2, 0.25) is 0 Å². The average Bonchev–Trinajstić information content (AvgIpc) is 3.44. The first-order valence-corrected chi connectivity index (χ1v) is 10.3. The van der Waals surface area contributed by atoms with Crippen LogP contribution in [0.5, 0.6) is 5.75 Å². The van der Waals surface area contributed by atoms with Gasteiger partial charge >= 0.3 is 6.09 Å². The summed E-state index contributed by atoms with van der Waals surface area (Å²) in [4.78, 5) is 24.7. The number of methoxy groups -OCH3 is 1. The Labute approximate surface area is 175 Å². The van der Waals surface area contributed by atoms with Crippen LogP contribution in [0.1, 0.15) is 58.3 Å². The molecule has 2 aromatic heterocycles. The third kappa shape index (κ3) is 4.27. The molecule has 0 saturated heterocycles. The molecule has 30 heavy (non-hydrogen) atoms. The van der Waals surface area contributed by atoms with E-state index in [0.717, 1.165) is 48.1 Å². The van der Waals surface area contributed by atoms with Crippen molar-refractivity contribution in [2.45, 2.75) is 58.1 Å². The zero-order valence-electron chi connectivity index (χ0n) is 17.8. The smallest absolute Gasteiger partial charge is 0.408 e. The molecule has 4 rings (SSSR count). The molecule has 1 fully saturated rings. The molecular formula is C22H28N4O4. The molecule has 2 N–H and O–H groups in total. The molecule has 1 amide bonds. The molecule has 1 aromatic carbocycles. The van der Waals surface area contributed by atoms with E-state index in [4.69, 9.17) is 18.9 Å². The van der Waals surface area contributed by atoms with Crippen LogP contribution in [-0.2, 0) is 4.74 Å². The largest absolute Gasteiger partial charge is 0.496 e. The molecule has 3 aromatic rings. The number of ether oxygens (including phenoxy) is 2. The fourth-order valence-electron chi connectivity index (χ4n) is 4.05. The van der Waals surface area contributed by atoms with E-state index in [1.165, 1.54) is 6.39 Å². The normalized spacial score (nSPS) is 16.0. The van der Waals surface area contributed by atoms with E-state index in [1.807, 2.05) is 32.9 Å². The molecule has 0 bridgehead atoms.